The number of hydrogen-bond donors (Lipinski definition) is 2. The summed E-state index contributed by atoms with van der Waals surface area (Å²) < 4.78 is 45.5. The highest BCUT2D eigenvalue weighted by Crippen LogP contribution is 2.15. The van der Waals surface area contributed by atoms with E-state index < -0.39 is 10.0 Å². The van der Waals surface area contributed by atoms with Crippen LogP contribution in [0.15, 0.2) is 47.4 Å². The Hall–Kier alpha value is -2.45. The Kier molecular flexibility index (Phi) is 7.32. The lowest BCUT2D eigenvalue weighted by Gasteiger charge is -2.09. The minimum Gasteiger partial charge on any atom is -0.494 e. The summed E-state index contributed by atoms with van der Waals surface area (Å²) in [5.41, 5.74) is 1.18. The zero-order valence-corrected chi connectivity index (χ0v) is 16.1. The first-order valence-corrected chi connectivity index (χ1v) is 10.0. The van der Waals surface area contributed by atoms with Gasteiger partial charge in [-0.25, -0.2) is 17.5 Å². The number of ether oxygens (including phenoxy) is 1. The number of halogens is 1. The van der Waals surface area contributed by atoms with Gasteiger partial charge in [-0.1, -0.05) is 12.1 Å². The van der Waals surface area contributed by atoms with E-state index in [4.69, 9.17) is 4.74 Å². The third-order valence-electron chi connectivity index (χ3n) is 3.82. The quantitative estimate of drug-likeness (QED) is 0.685. The minimum atomic E-state index is -3.70. The van der Waals surface area contributed by atoms with Crippen LogP contribution in [-0.4, -0.2) is 27.5 Å². The summed E-state index contributed by atoms with van der Waals surface area (Å²) in [6, 6.07) is 10.8. The first kappa shape index (κ1) is 20.9. The highest BCUT2D eigenvalue weighted by atomic mass is 32.2. The SMILES string of the molecule is CCOc1ccc(S(=O)(=O)NCCC(=O)NCc2ccc(C)c(F)c2)cc1. The summed E-state index contributed by atoms with van der Waals surface area (Å²) in [4.78, 5) is 11.9. The molecule has 8 heteroatoms. The van der Waals surface area contributed by atoms with Crippen molar-refractivity contribution >= 4 is 15.9 Å². The maximum absolute atomic E-state index is 13.5. The lowest BCUT2D eigenvalue weighted by atomic mass is 10.1. The minimum absolute atomic E-state index is 0.0232. The molecule has 6 nitrogen and oxygen atoms in total. The highest BCUT2D eigenvalue weighted by Gasteiger charge is 2.14. The van der Waals surface area contributed by atoms with Gasteiger partial charge < -0.3 is 10.1 Å². The standard InChI is InChI=1S/C19H23FN2O4S/c1-3-26-16-6-8-17(9-7-16)27(24,25)22-11-10-19(23)21-13-15-5-4-14(2)18(20)12-15/h4-9,12,22H,3,10-11,13H2,1-2H3,(H,21,23). The number of carbonyl (C=O) groups excluding carboxylic acids is 1. The van der Waals surface area contributed by atoms with Gasteiger partial charge in [-0.2, -0.15) is 0 Å². The van der Waals surface area contributed by atoms with Crippen LogP contribution in [0.25, 0.3) is 0 Å². The first-order valence-electron chi connectivity index (χ1n) is 8.56. The van der Waals surface area contributed by atoms with Crippen molar-refractivity contribution < 1.29 is 22.3 Å². The Morgan fingerprint density at radius 1 is 1.15 bits per heavy atom. The normalized spacial score (nSPS) is 11.2. The van der Waals surface area contributed by atoms with E-state index in [-0.39, 0.29) is 36.1 Å². The molecule has 146 valence electrons. The van der Waals surface area contributed by atoms with Crippen molar-refractivity contribution in [1.82, 2.24) is 10.0 Å². The molecular weight excluding hydrogens is 371 g/mol. The van der Waals surface area contributed by atoms with E-state index in [1.165, 1.54) is 18.2 Å². The monoisotopic (exact) mass is 394 g/mol. The molecule has 0 saturated carbocycles. The van der Waals surface area contributed by atoms with Gasteiger partial charge in [0.15, 0.2) is 0 Å². The number of rotatable bonds is 9. The van der Waals surface area contributed by atoms with Gasteiger partial charge in [0, 0.05) is 19.5 Å². The van der Waals surface area contributed by atoms with Crippen LogP contribution in [-0.2, 0) is 21.4 Å². The molecule has 0 atom stereocenters. The number of hydrogen-bond acceptors (Lipinski definition) is 4. The van der Waals surface area contributed by atoms with Crippen LogP contribution in [0.1, 0.15) is 24.5 Å². The number of nitrogens with one attached hydrogen (secondary N) is 2. The number of benzene rings is 2. The third kappa shape index (κ3) is 6.33. The van der Waals surface area contributed by atoms with Crippen LogP contribution >= 0.6 is 0 Å². The van der Waals surface area contributed by atoms with Crippen molar-refractivity contribution in [3.05, 3.63) is 59.4 Å². The van der Waals surface area contributed by atoms with Gasteiger partial charge in [-0.3, -0.25) is 4.79 Å². The van der Waals surface area contributed by atoms with E-state index >= 15 is 0 Å². The molecule has 0 fully saturated rings. The molecule has 2 aromatic rings. The fraction of sp³-hybridized carbons (Fsp3) is 0.316. The summed E-state index contributed by atoms with van der Waals surface area (Å²) in [5.74, 6) is -0.0707. The fourth-order valence-electron chi connectivity index (χ4n) is 2.30. The van der Waals surface area contributed by atoms with E-state index in [1.54, 1.807) is 31.2 Å². The smallest absolute Gasteiger partial charge is 0.240 e. The number of amides is 1. The largest absolute Gasteiger partial charge is 0.494 e. The molecule has 0 bridgehead atoms. The topological polar surface area (TPSA) is 84.5 Å². The molecule has 0 heterocycles. The van der Waals surface area contributed by atoms with Gasteiger partial charge in [0.05, 0.1) is 11.5 Å². The second-order valence-electron chi connectivity index (χ2n) is 5.91. The van der Waals surface area contributed by atoms with Crippen molar-refractivity contribution in [2.75, 3.05) is 13.2 Å². The lowest BCUT2D eigenvalue weighted by molar-refractivity contribution is -0.121. The average molecular weight is 394 g/mol. The van der Waals surface area contributed by atoms with E-state index in [0.717, 1.165) is 0 Å². The zero-order valence-electron chi connectivity index (χ0n) is 15.3. The van der Waals surface area contributed by atoms with Gasteiger partial charge in [-0.15, -0.1) is 0 Å². The van der Waals surface area contributed by atoms with Gasteiger partial charge in [0.2, 0.25) is 15.9 Å². The van der Waals surface area contributed by atoms with Crippen molar-refractivity contribution in [2.45, 2.75) is 31.7 Å². The Labute approximate surface area is 158 Å². The van der Waals surface area contributed by atoms with Crippen LogP contribution in [0.3, 0.4) is 0 Å². The molecule has 1 amide bonds. The van der Waals surface area contributed by atoms with Crippen molar-refractivity contribution in [2.24, 2.45) is 0 Å². The van der Waals surface area contributed by atoms with E-state index in [1.807, 2.05) is 6.92 Å². The van der Waals surface area contributed by atoms with Gasteiger partial charge >= 0.3 is 0 Å². The Bertz CT molecular complexity index is 883. The van der Waals surface area contributed by atoms with E-state index in [9.17, 15) is 17.6 Å². The first-order chi connectivity index (χ1) is 12.8. The number of carbonyl (C=O) groups is 1. The van der Waals surface area contributed by atoms with Crippen LogP contribution in [0.5, 0.6) is 5.75 Å². The molecule has 2 rings (SSSR count). The van der Waals surface area contributed by atoms with Crippen molar-refractivity contribution in [3.8, 4) is 5.75 Å². The zero-order chi connectivity index (χ0) is 19.9. The molecule has 0 aliphatic heterocycles. The highest BCUT2D eigenvalue weighted by molar-refractivity contribution is 7.89. The van der Waals surface area contributed by atoms with Crippen LogP contribution in [0.4, 0.5) is 4.39 Å². The van der Waals surface area contributed by atoms with E-state index in [0.29, 0.717) is 23.5 Å². The van der Waals surface area contributed by atoms with Gasteiger partial charge in [0.1, 0.15) is 11.6 Å². The summed E-state index contributed by atoms with van der Waals surface area (Å²) in [6.07, 6.45) is -0.0232. The second kappa shape index (κ2) is 9.48. The van der Waals surface area contributed by atoms with E-state index in [2.05, 4.69) is 10.0 Å². The molecular formula is C19H23FN2O4S. The molecule has 0 aliphatic rings. The molecule has 27 heavy (non-hydrogen) atoms. The Morgan fingerprint density at radius 3 is 2.48 bits per heavy atom. The predicted molar refractivity (Wildman–Crippen MR) is 100 cm³/mol. The molecule has 0 aliphatic carbocycles. The van der Waals surface area contributed by atoms with Crippen molar-refractivity contribution in [1.29, 1.82) is 0 Å². The van der Waals surface area contributed by atoms with Gasteiger partial charge in [-0.05, 0) is 55.3 Å². The molecule has 2 N–H and O–H groups in total. The predicted octanol–water partition coefficient (Wildman–Crippen LogP) is 2.52. The van der Waals surface area contributed by atoms with Crippen LogP contribution < -0.4 is 14.8 Å². The van der Waals surface area contributed by atoms with Crippen molar-refractivity contribution in [3.63, 3.8) is 0 Å². The summed E-state index contributed by atoms with van der Waals surface area (Å²) in [5, 5.41) is 2.64. The third-order valence-corrected chi connectivity index (χ3v) is 5.29. The fourth-order valence-corrected chi connectivity index (χ4v) is 3.33. The molecule has 0 aromatic heterocycles. The molecule has 0 unspecified atom stereocenters. The second-order valence-corrected chi connectivity index (χ2v) is 7.68. The summed E-state index contributed by atoms with van der Waals surface area (Å²) in [7, 11) is -3.70. The maximum atomic E-state index is 13.5. The maximum Gasteiger partial charge on any atom is 0.240 e. The summed E-state index contributed by atoms with van der Waals surface area (Å²) >= 11 is 0. The molecule has 2 aromatic carbocycles. The Balaban J connectivity index is 1.80. The number of sulfonamides is 1. The number of aryl methyl sites for hydroxylation is 1. The van der Waals surface area contributed by atoms with Crippen LogP contribution in [0, 0.1) is 12.7 Å². The Morgan fingerprint density at radius 2 is 1.85 bits per heavy atom. The van der Waals surface area contributed by atoms with Crippen LogP contribution in [0.2, 0.25) is 0 Å². The molecule has 0 radical (unpaired) electrons. The average Bonchev–Trinajstić information content (AvgIpc) is 2.63. The van der Waals surface area contributed by atoms with Gasteiger partial charge in [0.25, 0.3) is 0 Å². The molecule has 0 spiro atoms. The molecule has 0 saturated heterocycles. The lowest BCUT2D eigenvalue weighted by Crippen LogP contribution is -2.30. The summed E-state index contributed by atoms with van der Waals surface area (Å²) in [6.45, 7) is 4.14.